The highest BCUT2D eigenvalue weighted by Gasteiger charge is 2.31. The Balaban J connectivity index is 5.37. The molecule has 14 nitrogen and oxygen atoms in total. The van der Waals surface area contributed by atoms with E-state index in [2.05, 4.69) is 20.9 Å². The van der Waals surface area contributed by atoms with Gasteiger partial charge >= 0.3 is 5.97 Å². The van der Waals surface area contributed by atoms with Crippen molar-refractivity contribution < 1.29 is 29.4 Å². The Hall–Kier alpha value is -2.97. The molecular weight excluding hydrogens is 424 g/mol. The first-order chi connectivity index (χ1) is 15.0. The van der Waals surface area contributed by atoms with E-state index < -0.39 is 47.9 Å². The van der Waals surface area contributed by atoms with Crippen LogP contribution in [0.3, 0.4) is 0 Å². The summed E-state index contributed by atoms with van der Waals surface area (Å²) in [6.07, 6.45) is 0.386. The summed E-state index contributed by atoms with van der Waals surface area (Å²) in [6.45, 7) is 1.47. The van der Waals surface area contributed by atoms with E-state index in [-0.39, 0.29) is 31.9 Å². The molecule has 184 valence electrons. The lowest BCUT2D eigenvalue weighted by Gasteiger charge is -2.25. The average Bonchev–Trinajstić information content (AvgIpc) is 2.72. The monoisotopic (exact) mass is 460 g/mol. The van der Waals surface area contributed by atoms with Gasteiger partial charge in [0.15, 0.2) is 12.0 Å². The van der Waals surface area contributed by atoms with Crippen molar-refractivity contribution in [1.82, 2.24) is 16.0 Å². The molecule has 0 aliphatic heterocycles. The number of rotatable bonds is 16. The van der Waals surface area contributed by atoms with Gasteiger partial charge < -0.3 is 49.1 Å². The fraction of sp³-hybridized carbons (Fsp3) is 0.722. The van der Waals surface area contributed by atoms with Gasteiger partial charge in [0.2, 0.25) is 17.7 Å². The third-order valence-electron chi connectivity index (χ3n) is 4.41. The third-order valence-corrected chi connectivity index (χ3v) is 4.41. The van der Waals surface area contributed by atoms with E-state index in [0.29, 0.717) is 25.8 Å². The lowest BCUT2D eigenvalue weighted by molar-refractivity contribution is -0.145. The van der Waals surface area contributed by atoms with Crippen molar-refractivity contribution in [2.75, 3.05) is 19.6 Å². The van der Waals surface area contributed by atoms with Crippen LogP contribution in [0.5, 0.6) is 0 Å². The number of hydrogen-bond acceptors (Lipinski definition) is 8. The molecule has 0 aromatic heterocycles. The molecule has 3 amide bonds. The summed E-state index contributed by atoms with van der Waals surface area (Å²) < 4.78 is 0. The average molecular weight is 461 g/mol. The van der Waals surface area contributed by atoms with Gasteiger partial charge in [-0.15, -0.1) is 0 Å². The van der Waals surface area contributed by atoms with Crippen LogP contribution in [-0.2, 0) is 19.2 Å². The van der Waals surface area contributed by atoms with Gasteiger partial charge in [-0.05, 0) is 45.6 Å². The van der Waals surface area contributed by atoms with Crippen LogP contribution in [-0.4, -0.2) is 83.7 Å². The van der Waals surface area contributed by atoms with E-state index in [9.17, 15) is 29.4 Å². The maximum atomic E-state index is 12.8. The first-order valence-corrected chi connectivity index (χ1v) is 10.3. The van der Waals surface area contributed by atoms with Gasteiger partial charge in [-0.25, -0.2) is 4.79 Å². The summed E-state index contributed by atoms with van der Waals surface area (Å²) >= 11 is 0. The summed E-state index contributed by atoms with van der Waals surface area (Å²) in [4.78, 5) is 52.2. The summed E-state index contributed by atoms with van der Waals surface area (Å²) in [5.74, 6) is -3.55. The largest absolute Gasteiger partial charge is 0.480 e. The van der Waals surface area contributed by atoms with Crippen LogP contribution in [0, 0.1) is 0 Å². The Morgan fingerprint density at radius 2 is 1.47 bits per heavy atom. The lowest BCUT2D eigenvalue weighted by atomic mass is 10.0. The lowest BCUT2D eigenvalue weighted by Crippen LogP contribution is -2.57. The molecule has 0 heterocycles. The zero-order chi connectivity index (χ0) is 24.7. The Morgan fingerprint density at radius 3 is 1.97 bits per heavy atom. The number of nitrogens with zero attached hydrogens (tertiary/aromatic N) is 1. The van der Waals surface area contributed by atoms with Crippen molar-refractivity contribution in [1.29, 1.82) is 0 Å². The number of amides is 3. The van der Waals surface area contributed by atoms with Gasteiger partial charge in [0, 0.05) is 6.54 Å². The molecule has 13 N–H and O–H groups in total. The second kappa shape index (κ2) is 15.8. The summed E-state index contributed by atoms with van der Waals surface area (Å²) in [7, 11) is 0. The van der Waals surface area contributed by atoms with E-state index >= 15 is 0 Å². The number of hydrogen-bond donors (Lipinski definition) is 9. The molecule has 0 saturated heterocycles. The van der Waals surface area contributed by atoms with Gasteiger partial charge in [0.05, 0.1) is 12.6 Å². The molecule has 0 fully saturated rings. The number of aliphatic hydroxyl groups excluding tert-OH is 1. The molecular formula is C18H36N8O6. The highest BCUT2D eigenvalue weighted by atomic mass is 16.4. The second-order valence-electron chi connectivity index (χ2n) is 7.18. The molecule has 0 radical (unpaired) electrons. The second-order valence-corrected chi connectivity index (χ2v) is 7.18. The van der Waals surface area contributed by atoms with E-state index in [1.54, 1.807) is 0 Å². The third kappa shape index (κ3) is 12.0. The number of carbonyl (C=O) groups is 4. The quantitative estimate of drug-likeness (QED) is 0.0612. The molecule has 4 atom stereocenters. The van der Waals surface area contributed by atoms with Gasteiger partial charge in [0.25, 0.3) is 0 Å². The number of aliphatic hydroxyl groups is 1. The molecule has 0 aliphatic carbocycles. The van der Waals surface area contributed by atoms with Crippen LogP contribution in [0.4, 0.5) is 0 Å². The zero-order valence-electron chi connectivity index (χ0n) is 18.3. The van der Waals surface area contributed by atoms with Crippen LogP contribution in [0.25, 0.3) is 0 Å². The number of carbonyl (C=O) groups excluding carboxylic acids is 3. The topological polar surface area (TPSA) is 261 Å². The number of carboxylic acids is 1. The highest BCUT2D eigenvalue weighted by Crippen LogP contribution is 2.06. The summed E-state index contributed by atoms with van der Waals surface area (Å²) in [6, 6.07) is -3.68. The number of aliphatic imine (C=N–C) groups is 1. The molecule has 0 rings (SSSR count). The van der Waals surface area contributed by atoms with E-state index in [1.165, 1.54) is 6.92 Å². The molecule has 32 heavy (non-hydrogen) atoms. The van der Waals surface area contributed by atoms with E-state index in [0.717, 1.165) is 0 Å². The van der Waals surface area contributed by atoms with Crippen molar-refractivity contribution in [3.8, 4) is 0 Å². The SMILES string of the molecule is CC(O)C(NC(=O)C(CCCCN)NC(=O)C(CCCN=C(N)N)NC(=O)CN)C(=O)O. The van der Waals surface area contributed by atoms with Crippen molar-refractivity contribution in [3.05, 3.63) is 0 Å². The van der Waals surface area contributed by atoms with E-state index in [1.807, 2.05) is 0 Å². The van der Waals surface area contributed by atoms with Crippen LogP contribution in [0.15, 0.2) is 4.99 Å². The first kappa shape index (κ1) is 29.0. The van der Waals surface area contributed by atoms with E-state index in [4.69, 9.17) is 22.9 Å². The maximum absolute atomic E-state index is 12.8. The molecule has 14 heteroatoms. The molecule has 0 aromatic carbocycles. The van der Waals surface area contributed by atoms with Gasteiger partial charge in [0.1, 0.15) is 12.1 Å². The summed E-state index contributed by atoms with van der Waals surface area (Å²) in [5.41, 5.74) is 21.3. The standard InChI is InChI=1S/C18H36N8O6/c1-10(27)14(17(31)32)26-16(30)12(5-2-3-7-19)25-15(29)11(24-13(28)9-20)6-4-8-23-18(21)22/h10-12,14,27H,2-9,19-20H2,1H3,(H,24,28)(H,25,29)(H,26,30)(H,31,32)(H4,21,22,23). The molecule has 0 bridgehead atoms. The normalized spacial score (nSPS) is 14.4. The number of aliphatic carboxylic acids is 1. The first-order valence-electron chi connectivity index (χ1n) is 10.3. The van der Waals surface area contributed by atoms with Crippen molar-refractivity contribution in [2.24, 2.45) is 27.9 Å². The van der Waals surface area contributed by atoms with Crippen LogP contribution in [0.2, 0.25) is 0 Å². The summed E-state index contributed by atoms with van der Waals surface area (Å²) in [5, 5.41) is 26.0. The van der Waals surface area contributed by atoms with Crippen LogP contribution in [0.1, 0.15) is 39.0 Å². The van der Waals surface area contributed by atoms with Gasteiger partial charge in [-0.3, -0.25) is 19.4 Å². The van der Waals surface area contributed by atoms with Crippen molar-refractivity contribution in [2.45, 2.75) is 63.3 Å². The fourth-order valence-electron chi connectivity index (χ4n) is 2.70. The minimum absolute atomic E-state index is 0.111. The molecule has 0 saturated carbocycles. The van der Waals surface area contributed by atoms with Crippen LogP contribution >= 0.6 is 0 Å². The smallest absolute Gasteiger partial charge is 0.328 e. The number of nitrogens with two attached hydrogens (primary N) is 4. The Kier molecular flexibility index (Phi) is 14.3. The maximum Gasteiger partial charge on any atom is 0.328 e. The number of unbranched alkanes of at least 4 members (excludes halogenated alkanes) is 1. The fourth-order valence-corrected chi connectivity index (χ4v) is 2.70. The Morgan fingerprint density at radius 1 is 0.906 bits per heavy atom. The van der Waals surface area contributed by atoms with Gasteiger partial charge in [-0.1, -0.05) is 0 Å². The Bertz CT molecular complexity index is 653. The van der Waals surface area contributed by atoms with Crippen LogP contribution < -0.4 is 38.9 Å². The number of carboxylic acid groups (broad SMARTS) is 1. The highest BCUT2D eigenvalue weighted by molar-refractivity contribution is 5.93. The predicted molar refractivity (Wildman–Crippen MR) is 117 cm³/mol. The molecule has 0 aromatic rings. The zero-order valence-corrected chi connectivity index (χ0v) is 18.3. The van der Waals surface area contributed by atoms with Crippen molar-refractivity contribution in [3.63, 3.8) is 0 Å². The number of nitrogens with one attached hydrogen (secondary N) is 3. The van der Waals surface area contributed by atoms with Gasteiger partial charge in [-0.2, -0.15) is 0 Å². The predicted octanol–water partition coefficient (Wildman–Crippen LogP) is -3.95. The minimum atomic E-state index is -1.55. The molecule has 0 aliphatic rings. The molecule has 4 unspecified atom stereocenters. The number of guanidine groups is 1. The van der Waals surface area contributed by atoms with Crippen molar-refractivity contribution >= 4 is 29.7 Å². The minimum Gasteiger partial charge on any atom is -0.480 e. The molecule has 0 spiro atoms. The Labute approximate surface area is 186 Å².